The molecule has 6 aromatic carbocycles. The van der Waals surface area contributed by atoms with Crippen molar-refractivity contribution < 1.29 is 33.4 Å². The molecule has 380 valence electrons. The normalized spacial score (nSPS) is 15.6. The van der Waals surface area contributed by atoms with E-state index in [1.54, 1.807) is 72.8 Å². The number of rotatable bonds is 20. The summed E-state index contributed by atoms with van der Waals surface area (Å²) >= 11 is 0. The Bertz CT molecular complexity index is 2610. The fraction of sp³-hybridized carbons (Fsp3) is 0.333. The van der Waals surface area contributed by atoms with E-state index in [2.05, 4.69) is 20.4 Å². The van der Waals surface area contributed by atoms with E-state index in [4.69, 9.17) is 14.2 Å². The van der Waals surface area contributed by atoms with Gasteiger partial charge in [0, 0.05) is 71.2 Å². The van der Waals surface area contributed by atoms with E-state index in [0.717, 1.165) is 48.7 Å². The van der Waals surface area contributed by atoms with Gasteiger partial charge in [0.25, 0.3) is 11.8 Å². The minimum atomic E-state index is -0.763. The Labute approximate surface area is 430 Å². The number of hydrogen-bond acceptors (Lipinski definition) is 11. The number of nitrogens with zero attached hydrogens (tertiary/aromatic N) is 4. The maximum atomic E-state index is 14.2. The lowest BCUT2D eigenvalue weighted by atomic mass is 9.80. The van der Waals surface area contributed by atoms with Gasteiger partial charge in [-0.15, -0.1) is 0 Å². The molecule has 6 aromatic rings. The first-order chi connectivity index (χ1) is 35.3. The molecule has 0 aliphatic carbocycles. The molecule has 2 N–H and O–H groups in total. The molecule has 8 rings (SSSR count). The molecule has 0 aromatic heterocycles. The molecule has 0 bridgehead atoms. The van der Waals surface area contributed by atoms with Crippen molar-refractivity contribution in [1.29, 1.82) is 0 Å². The van der Waals surface area contributed by atoms with E-state index < -0.39 is 11.1 Å². The van der Waals surface area contributed by atoms with Crippen LogP contribution in [0.2, 0.25) is 0 Å². The topological polar surface area (TPSA) is 133 Å². The first kappa shape index (κ1) is 52.2. The number of hydrogen-bond donors (Lipinski definition) is 2. The van der Waals surface area contributed by atoms with Crippen LogP contribution < -0.4 is 25.2 Å². The van der Waals surface area contributed by atoms with Gasteiger partial charge in [0.1, 0.15) is 11.5 Å². The summed E-state index contributed by atoms with van der Waals surface area (Å²) < 4.78 is 17.1. The Kier molecular flexibility index (Phi) is 16.9. The first-order valence-corrected chi connectivity index (χ1v) is 25.3. The fourth-order valence-electron chi connectivity index (χ4n) is 9.89. The summed E-state index contributed by atoms with van der Waals surface area (Å²) in [5, 5.41) is 5.93. The third-order valence-corrected chi connectivity index (χ3v) is 14.6. The molecule has 2 heterocycles. The number of ether oxygens (including phenoxy) is 3. The second kappa shape index (κ2) is 23.6. The molecular formula is C60H68N6O7. The lowest BCUT2D eigenvalue weighted by Crippen LogP contribution is -2.52. The van der Waals surface area contributed by atoms with Crippen molar-refractivity contribution in [3.8, 4) is 11.5 Å². The van der Waals surface area contributed by atoms with E-state index >= 15 is 0 Å². The summed E-state index contributed by atoms with van der Waals surface area (Å²) in [6.45, 7) is 10.2. The highest BCUT2D eigenvalue weighted by Gasteiger charge is 2.41. The van der Waals surface area contributed by atoms with Crippen LogP contribution >= 0.6 is 0 Å². The summed E-state index contributed by atoms with van der Waals surface area (Å²) in [5.74, 6) is 0.778. The Hall–Kier alpha value is -7.16. The molecule has 2 amide bonds. The fourth-order valence-corrected chi connectivity index (χ4v) is 9.89. The summed E-state index contributed by atoms with van der Waals surface area (Å²) in [7, 11) is 7.80. The summed E-state index contributed by atoms with van der Waals surface area (Å²) in [5.41, 5.74) is 6.13. The minimum Gasteiger partial charge on any atom is -0.457 e. The van der Waals surface area contributed by atoms with E-state index in [1.807, 2.05) is 125 Å². The van der Waals surface area contributed by atoms with Crippen LogP contribution in [0, 0.1) is 0 Å². The second-order valence-electron chi connectivity index (χ2n) is 19.3. The van der Waals surface area contributed by atoms with Crippen LogP contribution in [0.1, 0.15) is 79.2 Å². The van der Waals surface area contributed by atoms with Crippen molar-refractivity contribution in [1.82, 2.24) is 9.80 Å². The van der Waals surface area contributed by atoms with E-state index in [0.29, 0.717) is 97.2 Å². The third kappa shape index (κ3) is 12.2. The first-order valence-electron chi connectivity index (χ1n) is 25.3. The number of anilines is 4. The van der Waals surface area contributed by atoms with Gasteiger partial charge in [0.05, 0.1) is 37.5 Å². The SMILES string of the molecule is CCC(Cc1ccc(C(=O)Nc2ccc(Oc3ccc(NC(=O)c4ccc(CC(CC)(C(=O)c5ccc(N6CCOCC6)cc5)N(C)C)cc4)cc3)cc2)cc1)(C(=O)c1ccc(N2CCOCC2)cc1)N(C)C. The number of carbonyl (C=O) groups is 4. The summed E-state index contributed by atoms with van der Waals surface area (Å²) in [6.07, 6.45) is 2.22. The predicted molar refractivity (Wildman–Crippen MR) is 290 cm³/mol. The molecule has 73 heavy (non-hydrogen) atoms. The molecule has 13 heteroatoms. The number of nitrogens with one attached hydrogen (secondary N) is 2. The van der Waals surface area contributed by atoms with Crippen molar-refractivity contribution >= 4 is 46.1 Å². The predicted octanol–water partition coefficient (Wildman–Crippen LogP) is 9.93. The van der Waals surface area contributed by atoms with Gasteiger partial charge in [0.2, 0.25) is 0 Å². The maximum absolute atomic E-state index is 14.2. The van der Waals surface area contributed by atoms with Gasteiger partial charge in [0.15, 0.2) is 11.6 Å². The van der Waals surface area contributed by atoms with E-state index in [1.165, 1.54) is 0 Å². The van der Waals surface area contributed by atoms with Gasteiger partial charge in [-0.05, 0) is 186 Å². The number of likely N-dealkylation sites (N-methyl/N-ethyl adjacent to an activating group) is 2. The highest BCUT2D eigenvalue weighted by atomic mass is 16.5. The third-order valence-electron chi connectivity index (χ3n) is 14.6. The zero-order valence-electron chi connectivity index (χ0n) is 43.0. The van der Waals surface area contributed by atoms with Crippen LogP contribution in [0.25, 0.3) is 0 Å². The van der Waals surface area contributed by atoms with Crippen molar-refractivity contribution in [2.45, 2.75) is 50.6 Å². The molecule has 2 aliphatic rings. The second-order valence-corrected chi connectivity index (χ2v) is 19.3. The van der Waals surface area contributed by atoms with E-state index in [9.17, 15) is 19.2 Å². The standard InChI is InChI=1S/C60H68N6O7/c1-7-59(63(3)4,55(67)45-17-25-51(26-18-45)65-33-37-71-38-34-65)41-43-9-13-47(14-10-43)57(69)61-49-21-29-53(30-22-49)73-54-31-23-50(24-32-54)62-58(70)48-15-11-44(12-16-48)42-60(8-2,64(5)6)56(68)46-19-27-52(28-20-46)66-35-39-72-40-36-66/h9-32H,7-8,33-42H2,1-6H3,(H,61,69)(H,62,70). The van der Waals surface area contributed by atoms with Crippen LogP contribution in [-0.4, -0.2) is 125 Å². The van der Waals surface area contributed by atoms with Crippen LogP contribution in [0.15, 0.2) is 146 Å². The minimum absolute atomic E-state index is 0.0664. The van der Waals surface area contributed by atoms with Gasteiger partial charge < -0.3 is 34.6 Å². The molecule has 0 spiro atoms. The smallest absolute Gasteiger partial charge is 0.255 e. The van der Waals surface area contributed by atoms with Crippen LogP contribution in [0.3, 0.4) is 0 Å². The Balaban J connectivity index is 0.817. The number of morpholine rings is 2. The van der Waals surface area contributed by atoms with Crippen LogP contribution in [-0.2, 0) is 22.3 Å². The molecule has 2 fully saturated rings. The molecule has 2 atom stereocenters. The monoisotopic (exact) mass is 985 g/mol. The van der Waals surface area contributed by atoms with Crippen molar-refractivity contribution in [3.63, 3.8) is 0 Å². The molecule has 13 nitrogen and oxygen atoms in total. The Morgan fingerprint density at radius 3 is 1.08 bits per heavy atom. The van der Waals surface area contributed by atoms with Crippen molar-refractivity contribution in [2.75, 3.05) is 101 Å². The Morgan fingerprint density at radius 1 is 0.466 bits per heavy atom. The largest absolute Gasteiger partial charge is 0.457 e. The molecule has 0 saturated carbocycles. The number of benzene rings is 6. The van der Waals surface area contributed by atoms with Crippen molar-refractivity contribution in [2.24, 2.45) is 0 Å². The number of carbonyl (C=O) groups excluding carboxylic acids is 4. The maximum Gasteiger partial charge on any atom is 0.255 e. The van der Waals surface area contributed by atoms with Gasteiger partial charge in [-0.2, -0.15) is 0 Å². The molecule has 2 aliphatic heterocycles. The average molecular weight is 985 g/mol. The number of amides is 2. The zero-order valence-corrected chi connectivity index (χ0v) is 43.0. The Morgan fingerprint density at radius 2 is 0.781 bits per heavy atom. The van der Waals surface area contributed by atoms with Gasteiger partial charge >= 0.3 is 0 Å². The molecule has 0 radical (unpaired) electrons. The molecular weight excluding hydrogens is 917 g/mol. The van der Waals surface area contributed by atoms with Gasteiger partial charge in [-0.25, -0.2) is 0 Å². The highest BCUT2D eigenvalue weighted by molar-refractivity contribution is 6.06. The van der Waals surface area contributed by atoms with Crippen molar-refractivity contribution in [3.05, 3.63) is 179 Å². The summed E-state index contributed by atoms with van der Waals surface area (Å²) in [4.78, 5) is 63.6. The average Bonchev–Trinajstić information content (AvgIpc) is 3.43. The number of ketones is 2. The molecule has 2 saturated heterocycles. The van der Waals surface area contributed by atoms with Crippen LogP contribution in [0.5, 0.6) is 11.5 Å². The van der Waals surface area contributed by atoms with Crippen LogP contribution in [0.4, 0.5) is 22.7 Å². The number of Topliss-reactive ketones (excluding diaryl/α,β-unsaturated/α-hetero) is 2. The van der Waals surface area contributed by atoms with E-state index in [-0.39, 0.29) is 23.4 Å². The molecule has 2 unspecified atom stereocenters. The quantitative estimate of drug-likeness (QED) is 0.0709. The lowest BCUT2D eigenvalue weighted by Gasteiger charge is -2.38. The van der Waals surface area contributed by atoms with Gasteiger partial charge in [-0.3, -0.25) is 29.0 Å². The lowest BCUT2D eigenvalue weighted by molar-refractivity contribution is 0.0661. The summed E-state index contributed by atoms with van der Waals surface area (Å²) in [6, 6.07) is 44.9. The zero-order chi connectivity index (χ0) is 51.5. The highest BCUT2D eigenvalue weighted by Crippen LogP contribution is 2.32. The van der Waals surface area contributed by atoms with Gasteiger partial charge in [-0.1, -0.05) is 38.1 Å².